The van der Waals surface area contributed by atoms with Gasteiger partial charge in [0, 0.05) is 16.7 Å². The molecule has 0 radical (unpaired) electrons. The first-order valence-electron chi connectivity index (χ1n) is 4.96. The molecule has 0 aromatic rings. The monoisotopic (exact) mass is 345 g/mol. The maximum absolute atomic E-state index is 11.0. The standard InChI is InChI=1S/C8H10ClN2O5S3/c1-5(12)4-17-8-11(16-9(13,14)15)10-3-6(2)18-7(10)19-8/h3,7H,4H2,1-2H3/q+1. The van der Waals surface area contributed by atoms with Crippen LogP contribution in [0.3, 0.4) is 0 Å². The maximum Gasteiger partial charge on any atom is 0.374 e. The van der Waals surface area contributed by atoms with Gasteiger partial charge in [-0.3, -0.25) is 4.79 Å². The molecule has 0 amide bonds. The van der Waals surface area contributed by atoms with Crippen molar-refractivity contribution in [3.05, 3.63) is 11.1 Å². The van der Waals surface area contributed by atoms with E-state index in [0.29, 0.717) is 4.38 Å². The third kappa shape index (κ3) is 3.94. The number of hydrogen-bond acceptors (Lipinski definition) is 9. The predicted molar refractivity (Wildman–Crippen MR) is 64.1 cm³/mol. The molecule has 0 aliphatic carbocycles. The zero-order chi connectivity index (χ0) is 14.2. The van der Waals surface area contributed by atoms with E-state index in [1.807, 2.05) is 6.92 Å². The zero-order valence-corrected chi connectivity index (χ0v) is 13.1. The minimum Gasteiger partial charge on any atom is -0.299 e. The van der Waals surface area contributed by atoms with Crippen LogP contribution in [0.25, 0.3) is 0 Å². The van der Waals surface area contributed by atoms with Gasteiger partial charge in [-0.1, -0.05) is 16.8 Å². The highest BCUT2D eigenvalue weighted by Crippen LogP contribution is 2.45. The lowest BCUT2D eigenvalue weighted by molar-refractivity contribution is -1.94. The number of hydrazine groups is 1. The van der Waals surface area contributed by atoms with Gasteiger partial charge in [-0.25, -0.2) is 0 Å². The molecule has 1 unspecified atom stereocenters. The second-order valence-electron chi connectivity index (χ2n) is 3.64. The van der Waals surface area contributed by atoms with Crippen LogP contribution in [0.4, 0.5) is 0 Å². The fraction of sp³-hybridized carbons (Fsp3) is 0.500. The molecule has 2 aliphatic rings. The van der Waals surface area contributed by atoms with E-state index < -0.39 is 10.2 Å². The highest BCUT2D eigenvalue weighted by Gasteiger charge is 2.53. The van der Waals surface area contributed by atoms with Gasteiger partial charge in [0.2, 0.25) is 14.6 Å². The first-order valence-corrected chi connectivity index (χ1v) is 8.94. The second-order valence-corrected chi connectivity index (χ2v) is 8.45. The van der Waals surface area contributed by atoms with Gasteiger partial charge in [-0.05, 0) is 25.6 Å². The molecular formula is C8H10ClN2O5S3+. The summed E-state index contributed by atoms with van der Waals surface area (Å²) in [7, 11) is -4.59. The molecule has 11 heteroatoms. The predicted octanol–water partition coefficient (Wildman–Crippen LogP) is -1.64. The summed E-state index contributed by atoms with van der Waals surface area (Å²) in [6.07, 6.45) is 1.68. The number of fused-ring (bicyclic) bond motifs is 1. The molecule has 2 aliphatic heterocycles. The van der Waals surface area contributed by atoms with E-state index in [1.54, 1.807) is 6.20 Å². The average Bonchev–Trinajstić information content (AvgIpc) is 2.72. The Bertz CT molecular complexity index is 464. The van der Waals surface area contributed by atoms with E-state index in [-0.39, 0.29) is 16.2 Å². The number of carbonyl (C=O) groups is 1. The Morgan fingerprint density at radius 2 is 2.26 bits per heavy atom. The highest BCUT2D eigenvalue weighted by atomic mass is 35.7. The smallest absolute Gasteiger partial charge is 0.299 e. The highest BCUT2D eigenvalue weighted by molar-refractivity contribution is 8.42. The van der Waals surface area contributed by atoms with Crippen molar-refractivity contribution in [2.75, 3.05) is 5.75 Å². The van der Waals surface area contributed by atoms with E-state index in [4.69, 9.17) is 0 Å². The summed E-state index contributed by atoms with van der Waals surface area (Å²) in [5.41, 5.74) is 0. The number of thioether (sulfide) groups is 3. The molecule has 0 spiro atoms. The number of allylic oxidation sites excluding steroid dienone is 1. The lowest BCUT2D eigenvalue weighted by atomic mass is 10.5. The molecule has 0 fully saturated rings. The van der Waals surface area contributed by atoms with Crippen LogP contribution in [0, 0.1) is 10.2 Å². The Morgan fingerprint density at radius 1 is 1.58 bits per heavy atom. The third-order valence-electron chi connectivity index (χ3n) is 1.93. The summed E-state index contributed by atoms with van der Waals surface area (Å²) in [4.78, 5) is 12.9. The molecule has 7 nitrogen and oxygen atoms in total. The molecule has 0 aromatic heterocycles. The van der Waals surface area contributed by atoms with Crippen LogP contribution in [0.5, 0.6) is 0 Å². The number of ketones is 1. The van der Waals surface area contributed by atoms with Crippen LogP contribution in [-0.4, -0.2) is 30.5 Å². The fourth-order valence-electron chi connectivity index (χ4n) is 1.33. The van der Waals surface area contributed by atoms with Gasteiger partial charge < -0.3 is 0 Å². The van der Waals surface area contributed by atoms with Crippen molar-refractivity contribution in [2.24, 2.45) is 0 Å². The summed E-state index contributed by atoms with van der Waals surface area (Å²) in [6.45, 7) is 3.30. The largest absolute Gasteiger partial charge is 0.374 e. The van der Waals surface area contributed by atoms with E-state index in [2.05, 4.69) is 4.39 Å². The average molecular weight is 346 g/mol. The van der Waals surface area contributed by atoms with Gasteiger partial charge in [0.05, 0.1) is 12.0 Å². The Hall–Kier alpha value is -0.100. The van der Waals surface area contributed by atoms with E-state index in [0.717, 1.165) is 21.5 Å². The van der Waals surface area contributed by atoms with Gasteiger partial charge in [0.1, 0.15) is 5.78 Å². The number of Topliss-reactive ketones (excluding diaryl/α,β-unsaturated/α-hetero) is 1. The molecular weight excluding hydrogens is 336 g/mol. The van der Waals surface area contributed by atoms with E-state index in [1.165, 1.54) is 35.5 Å². The van der Waals surface area contributed by atoms with Crippen molar-refractivity contribution in [1.82, 2.24) is 5.01 Å². The van der Waals surface area contributed by atoms with Crippen LogP contribution < -0.4 is 14.0 Å². The van der Waals surface area contributed by atoms with Crippen LogP contribution >= 0.6 is 35.3 Å². The van der Waals surface area contributed by atoms with Crippen molar-refractivity contribution < 1.29 is 38.3 Å². The number of carbonyl (C=O) groups excluding carboxylic acids is 1. The molecule has 0 N–H and O–H groups in total. The Morgan fingerprint density at radius 3 is 2.84 bits per heavy atom. The van der Waals surface area contributed by atoms with Crippen molar-refractivity contribution in [2.45, 2.75) is 18.6 Å². The Balaban J connectivity index is 2.20. The summed E-state index contributed by atoms with van der Waals surface area (Å²) >= 11 is 3.98. The van der Waals surface area contributed by atoms with Gasteiger partial charge in [-0.2, -0.15) is 14.0 Å². The Labute approximate surface area is 124 Å². The van der Waals surface area contributed by atoms with Crippen molar-refractivity contribution in [3.63, 3.8) is 0 Å². The van der Waals surface area contributed by atoms with Crippen molar-refractivity contribution >= 4 is 45.4 Å². The number of nitrogens with zero attached hydrogens (tertiary/aromatic N) is 2. The number of halogens is 1. The second kappa shape index (κ2) is 5.72. The first kappa shape index (κ1) is 15.3. The van der Waals surface area contributed by atoms with Crippen LogP contribution in [-0.2, 0) is 9.18 Å². The van der Waals surface area contributed by atoms with E-state index in [9.17, 15) is 18.8 Å². The minimum atomic E-state index is -4.59. The molecule has 0 bridgehead atoms. The number of hydrogen-bond donors (Lipinski definition) is 0. The van der Waals surface area contributed by atoms with Crippen LogP contribution in [0.15, 0.2) is 11.1 Å². The summed E-state index contributed by atoms with van der Waals surface area (Å²) < 4.78 is 37.0. The van der Waals surface area contributed by atoms with Gasteiger partial charge in [0.15, 0.2) is 4.71 Å². The number of rotatable bonds is 4. The minimum absolute atomic E-state index is 0.0491. The maximum atomic E-state index is 11.0. The molecule has 0 saturated heterocycles. The van der Waals surface area contributed by atoms with Crippen molar-refractivity contribution in [3.8, 4) is 0 Å². The number of hydrazone groups is 1. The van der Waals surface area contributed by atoms with Gasteiger partial charge >= 0.3 is 4.38 Å². The quantitative estimate of drug-likeness (QED) is 0.555. The molecule has 0 saturated carbocycles. The molecule has 19 heavy (non-hydrogen) atoms. The fourth-order valence-corrected chi connectivity index (χ4v) is 5.50. The normalized spacial score (nSPS) is 22.7. The summed E-state index contributed by atoms with van der Waals surface area (Å²) in [5, 5.41) is 1.51. The van der Waals surface area contributed by atoms with Gasteiger partial charge in [0.25, 0.3) is 4.85 Å². The Kier molecular flexibility index (Phi) is 4.60. The summed E-state index contributed by atoms with van der Waals surface area (Å²) in [5.74, 6) is 0.137. The SMILES string of the molecule is CC(=O)CSC1=[N+](O[Cl+3]([O-])([O-])[O-])N2C=C(C)SC2S1. The zero-order valence-electron chi connectivity index (χ0n) is 9.90. The molecule has 0 aromatic carbocycles. The van der Waals surface area contributed by atoms with Gasteiger partial charge in [-0.15, -0.1) is 0 Å². The topological polar surface area (TPSA) is 102 Å². The lowest BCUT2D eigenvalue weighted by Gasteiger charge is -2.09. The van der Waals surface area contributed by atoms with E-state index >= 15 is 0 Å². The molecule has 1 atom stereocenters. The molecule has 106 valence electrons. The first-order chi connectivity index (χ1) is 8.76. The molecule has 2 heterocycles. The third-order valence-corrected chi connectivity index (χ3v) is 6.08. The van der Waals surface area contributed by atoms with Crippen LogP contribution in [0.1, 0.15) is 13.8 Å². The summed E-state index contributed by atoms with van der Waals surface area (Å²) in [6, 6.07) is 0. The van der Waals surface area contributed by atoms with Crippen LogP contribution in [0.2, 0.25) is 0 Å². The molecule has 2 rings (SSSR count). The lowest BCUT2D eigenvalue weighted by Crippen LogP contribution is -2.63. The van der Waals surface area contributed by atoms with Crippen molar-refractivity contribution in [1.29, 1.82) is 0 Å².